The molecule has 0 saturated carbocycles. The Balaban J connectivity index is 1.75. The number of fused-ring (bicyclic) bond motifs is 1. The fourth-order valence-corrected chi connectivity index (χ4v) is 2.42. The van der Waals surface area contributed by atoms with Crippen LogP contribution in [0.25, 0.3) is 10.8 Å². The predicted octanol–water partition coefficient (Wildman–Crippen LogP) is 3.37. The molecule has 0 saturated heterocycles. The molecule has 0 aliphatic heterocycles. The third-order valence-corrected chi connectivity index (χ3v) is 3.66. The summed E-state index contributed by atoms with van der Waals surface area (Å²) in [5.74, 6) is 0.135. The van der Waals surface area contributed by atoms with Crippen molar-refractivity contribution in [2.75, 3.05) is 6.54 Å². The highest BCUT2D eigenvalue weighted by molar-refractivity contribution is 5.83. The molecule has 0 bridgehead atoms. The first-order valence-electron chi connectivity index (χ1n) is 7.74. The van der Waals surface area contributed by atoms with E-state index < -0.39 is 0 Å². The van der Waals surface area contributed by atoms with Gasteiger partial charge in [-0.1, -0.05) is 49.2 Å². The minimum Gasteiger partial charge on any atom is -0.352 e. The zero-order valence-electron chi connectivity index (χ0n) is 12.5. The van der Waals surface area contributed by atoms with Crippen LogP contribution in [0.2, 0.25) is 0 Å². The summed E-state index contributed by atoms with van der Waals surface area (Å²) in [6, 6.07) is 14.6. The Morgan fingerprint density at radius 3 is 2.52 bits per heavy atom. The van der Waals surface area contributed by atoms with E-state index >= 15 is 0 Å². The second kappa shape index (κ2) is 8.42. The van der Waals surface area contributed by atoms with Gasteiger partial charge >= 0.3 is 0 Å². The molecule has 3 N–H and O–H groups in total. The molecule has 0 unspecified atom stereocenters. The standard InChI is InChI=1S/C18H24N2O/c19-12-6-2-1-3-9-18(21)20-14-15-10-11-16-7-4-5-8-17(16)13-15/h4-5,7-8,10-11,13H,1-3,6,9,12,14,19H2,(H,20,21). The maximum atomic E-state index is 11.8. The van der Waals surface area contributed by atoms with Crippen LogP contribution in [0.5, 0.6) is 0 Å². The summed E-state index contributed by atoms with van der Waals surface area (Å²) in [7, 11) is 0. The normalized spacial score (nSPS) is 10.7. The molecule has 0 aliphatic carbocycles. The minimum atomic E-state index is 0.135. The van der Waals surface area contributed by atoms with Gasteiger partial charge in [-0.25, -0.2) is 0 Å². The Morgan fingerprint density at radius 1 is 0.952 bits per heavy atom. The van der Waals surface area contributed by atoms with Crippen LogP contribution in [-0.2, 0) is 11.3 Å². The van der Waals surface area contributed by atoms with E-state index in [2.05, 4.69) is 35.6 Å². The monoisotopic (exact) mass is 284 g/mol. The Morgan fingerprint density at radius 2 is 1.71 bits per heavy atom. The molecular formula is C18H24N2O. The number of hydrogen-bond donors (Lipinski definition) is 2. The lowest BCUT2D eigenvalue weighted by Crippen LogP contribution is -2.22. The molecule has 0 radical (unpaired) electrons. The highest BCUT2D eigenvalue weighted by Gasteiger charge is 2.02. The molecule has 112 valence electrons. The largest absolute Gasteiger partial charge is 0.352 e. The molecule has 3 nitrogen and oxygen atoms in total. The third-order valence-electron chi connectivity index (χ3n) is 3.66. The van der Waals surface area contributed by atoms with Gasteiger partial charge in [-0.05, 0) is 41.8 Å². The topological polar surface area (TPSA) is 55.1 Å². The van der Waals surface area contributed by atoms with Gasteiger partial charge in [0.2, 0.25) is 5.91 Å². The summed E-state index contributed by atoms with van der Waals surface area (Å²) in [5.41, 5.74) is 6.59. The van der Waals surface area contributed by atoms with Crippen LogP contribution in [-0.4, -0.2) is 12.5 Å². The van der Waals surface area contributed by atoms with Gasteiger partial charge in [0.1, 0.15) is 0 Å². The van der Waals surface area contributed by atoms with Crippen LogP contribution in [0, 0.1) is 0 Å². The molecule has 0 spiro atoms. The molecule has 0 heterocycles. The van der Waals surface area contributed by atoms with E-state index in [1.165, 1.54) is 10.8 Å². The fraction of sp³-hybridized carbons (Fsp3) is 0.389. The highest BCUT2D eigenvalue weighted by Crippen LogP contribution is 2.15. The zero-order valence-corrected chi connectivity index (χ0v) is 12.5. The molecule has 0 aliphatic rings. The molecule has 0 fully saturated rings. The molecule has 21 heavy (non-hydrogen) atoms. The van der Waals surface area contributed by atoms with Crippen LogP contribution in [0.1, 0.15) is 37.7 Å². The van der Waals surface area contributed by atoms with Gasteiger partial charge in [-0.3, -0.25) is 4.79 Å². The third kappa shape index (κ3) is 5.20. The highest BCUT2D eigenvalue weighted by atomic mass is 16.1. The Labute approximate surface area is 126 Å². The van der Waals surface area contributed by atoms with Crippen molar-refractivity contribution < 1.29 is 4.79 Å². The lowest BCUT2D eigenvalue weighted by atomic mass is 10.1. The number of hydrogen-bond acceptors (Lipinski definition) is 2. The number of nitrogens with one attached hydrogen (secondary N) is 1. The Hall–Kier alpha value is -1.87. The number of benzene rings is 2. The quantitative estimate of drug-likeness (QED) is 0.730. The summed E-state index contributed by atoms with van der Waals surface area (Å²) >= 11 is 0. The number of unbranched alkanes of at least 4 members (excludes halogenated alkanes) is 3. The van der Waals surface area contributed by atoms with Crippen molar-refractivity contribution in [3.05, 3.63) is 48.0 Å². The zero-order chi connectivity index (χ0) is 14.9. The number of amides is 1. The first-order valence-corrected chi connectivity index (χ1v) is 7.74. The Bertz CT molecular complexity index is 580. The van der Waals surface area contributed by atoms with E-state index in [1.807, 2.05) is 12.1 Å². The summed E-state index contributed by atoms with van der Waals surface area (Å²) in [5, 5.41) is 5.43. The van der Waals surface area contributed by atoms with Crippen LogP contribution in [0.15, 0.2) is 42.5 Å². The van der Waals surface area contributed by atoms with E-state index in [0.29, 0.717) is 13.0 Å². The second-order valence-corrected chi connectivity index (χ2v) is 5.41. The average molecular weight is 284 g/mol. The number of nitrogens with two attached hydrogens (primary N) is 1. The van der Waals surface area contributed by atoms with E-state index in [1.54, 1.807) is 0 Å². The molecule has 2 rings (SSSR count). The van der Waals surface area contributed by atoms with Gasteiger partial charge in [0.25, 0.3) is 0 Å². The first-order chi connectivity index (χ1) is 10.3. The number of carbonyl (C=O) groups is 1. The van der Waals surface area contributed by atoms with Crippen molar-refractivity contribution in [1.82, 2.24) is 5.32 Å². The van der Waals surface area contributed by atoms with Crippen molar-refractivity contribution in [1.29, 1.82) is 0 Å². The van der Waals surface area contributed by atoms with E-state index in [-0.39, 0.29) is 5.91 Å². The van der Waals surface area contributed by atoms with Crippen LogP contribution >= 0.6 is 0 Å². The smallest absolute Gasteiger partial charge is 0.220 e. The van der Waals surface area contributed by atoms with Crippen LogP contribution in [0.3, 0.4) is 0 Å². The lowest BCUT2D eigenvalue weighted by molar-refractivity contribution is -0.121. The van der Waals surface area contributed by atoms with Gasteiger partial charge in [0.05, 0.1) is 0 Å². The molecule has 0 atom stereocenters. The summed E-state index contributed by atoms with van der Waals surface area (Å²) in [6.45, 7) is 1.35. The van der Waals surface area contributed by atoms with Gasteiger partial charge in [-0.15, -0.1) is 0 Å². The van der Waals surface area contributed by atoms with Crippen molar-refractivity contribution >= 4 is 16.7 Å². The van der Waals surface area contributed by atoms with E-state index in [0.717, 1.165) is 37.8 Å². The van der Waals surface area contributed by atoms with Crippen molar-refractivity contribution in [2.24, 2.45) is 5.73 Å². The predicted molar refractivity (Wildman–Crippen MR) is 87.9 cm³/mol. The molecular weight excluding hydrogens is 260 g/mol. The minimum absolute atomic E-state index is 0.135. The average Bonchev–Trinajstić information content (AvgIpc) is 2.52. The molecule has 2 aromatic rings. The van der Waals surface area contributed by atoms with Gasteiger partial charge < -0.3 is 11.1 Å². The maximum Gasteiger partial charge on any atom is 0.220 e. The SMILES string of the molecule is NCCCCCCC(=O)NCc1ccc2ccccc2c1. The fourth-order valence-electron chi connectivity index (χ4n) is 2.42. The van der Waals surface area contributed by atoms with Crippen molar-refractivity contribution in [2.45, 2.75) is 38.6 Å². The first kappa shape index (κ1) is 15.5. The molecule has 2 aromatic carbocycles. The van der Waals surface area contributed by atoms with Crippen LogP contribution < -0.4 is 11.1 Å². The van der Waals surface area contributed by atoms with Crippen molar-refractivity contribution in [3.8, 4) is 0 Å². The maximum absolute atomic E-state index is 11.8. The van der Waals surface area contributed by atoms with Gasteiger partial charge in [0.15, 0.2) is 0 Å². The summed E-state index contributed by atoms with van der Waals surface area (Å²) in [4.78, 5) is 11.8. The number of carbonyl (C=O) groups excluding carboxylic acids is 1. The Kier molecular flexibility index (Phi) is 6.22. The lowest BCUT2D eigenvalue weighted by Gasteiger charge is -2.07. The van der Waals surface area contributed by atoms with Crippen molar-refractivity contribution in [3.63, 3.8) is 0 Å². The van der Waals surface area contributed by atoms with Gasteiger partial charge in [0, 0.05) is 13.0 Å². The second-order valence-electron chi connectivity index (χ2n) is 5.41. The molecule has 1 amide bonds. The van der Waals surface area contributed by atoms with E-state index in [4.69, 9.17) is 5.73 Å². The number of rotatable bonds is 8. The molecule has 0 aromatic heterocycles. The molecule has 3 heteroatoms. The van der Waals surface area contributed by atoms with Gasteiger partial charge in [-0.2, -0.15) is 0 Å². The van der Waals surface area contributed by atoms with Crippen LogP contribution in [0.4, 0.5) is 0 Å². The summed E-state index contributed by atoms with van der Waals surface area (Å²) < 4.78 is 0. The summed E-state index contributed by atoms with van der Waals surface area (Å²) in [6.07, 6.45) is 4.81. The van der Waals surface area contributed by atoms with E-state index in [9.17, 15) is 4.79 Å².